The third-order valence-corrected chi connectivity index (χ3v) is 7.82. The molecule has 0 bridgehead atoms. The van der Waals surface area contributed by atoms with Gasteiger partial charge in [0.1, 0.15) is 23.8 Å². The van der Waals surface area contributed by atoms with E-state index in [4.69, 9.17) is 35.4 Å². The number of nitrogens with one attached hydrogen (secondary N) is 2. The number of phosphoric acid groups is 1. The Bertz CT molecular complexity index is 1620. The summed E-state index contributed by atoms with van der Waals surface area (Å²) >= 11 is 5.83. The van der Waals surface area contributed by atoms with Gasteiger partial charge in [-0.25, -0.2) is 28.9 Å². The van der Waals surface area contributed by atoms with Gasteiger partial charge in [-0.05, 0) is 43.5 Å². The Morgan fingerprint density at radius 3 is 2.55 bits per heavy atom. The Morgan fingerprint density at radius 1 is 1.07 bits per heavy atom. The summed E-state index contributed by atoms with van der Waals surface area (Å²) in [5.74, 6) is 1.68. The molecule has 44 heavy (non-hydrogen) atoms. The molecule has 2 aromatic carbocycles. The van der Waals surface area contributed by atoms with Gasteiger partial charge in [0.15, 0.2) is 11.5 Å². The summed E-state index contributed by atoms with van der Waals surface area (Å²) in [5.41, 5.74) is 1.93. The molecule has 0 aliphatic carbocycles. The summed E-state index contributed by atoms with van der Waals surface area (Å²) in [5, 5.41) is 7.09. The maximum absolute atomic E-state index is 13.4. The zero-order valence-electron chi connectivity index (χ0n) is 23.8. The highest BCUT2D eigenvalue weighted by molar-refractivity contribution is 7.46. The van der Waals surface area contributed by atoms with Crippen LogP contribution in [0.15, 0.2) is 49.1 Å². The molecule has 5 rings (SSSR count). The fourth-order valence-corrected chi connectivity index (χ4v) is 5.55. The van der Waals surface area contributed by atoms with Crippen molar-refractivity contribution in [2.24, 2.45) is 0 Å². The molecule has 0 unspecified atom stereocenters. The minimum atomic E-state index is -4.46. The SMILES string of the molecule is COc1cc2c(Nc3cnc(CNc4ccc(F)c(Cl)c4)nc3)ncnc2cc1OCCCN1CCC(OP(=O)(O)O)CC1. The van der Waals surface area contributed by atoms with Gasteiger partial charge in [-0.15, -0.1) is 0 Å². The van der Waals surface area contributed by atoms with Gasteiger partial charge in [0.2, 0.25) is 0 Å². The van der Waals surface area contributed by atoms with E-state index in [0.717, 1.165) is 18.4 Å². The van der Waals surface area contributed by atoms with Crippen LogP contribution in [-0.2, 0) is 15.6 Å². The molecule has 0 atom stereocenters. The van der Waals surface area contributed by atoms with Crippen molar-refractivity contribution < 1.29 is 32.7 Å². The normalized spacial score (nSPS) is 14.5. The van der Waals surface area contributed by atoms with E-state index in [1.807, 2.05) is 6.07 Å². The topological polar surface area (TPSA) is 164 Å². The number of ether oxygens (including phenoxy) is 2. The molecule has 234 valence electrons. The number of hydrogen-bond acceptors (Lipinski definition) is 11. The lowest BCUT2D eigenvalue weighted by atomic mass is 10.1. The molecule has 0 saturated carbocycles. The molecule has 16 heteroatoms. The van der Waals surface area contributed by atoms with E-state index >= 15 is 0 Å². The van der Waals surface area contributed by atoms with E-state index in [1.54, 1.807) is 31.6 Å². The molecule has 4 N–H and O–H groups in total. The molecular weight excluding hydrogens is 616 g/mol. The number of likely N-dealkylation sites (tertiary alicyclic amines) is 1. The highest BCUT2D eigenvalue weighted by atomic mass is 35.5. The Labute approximate surface area is 258 Å². The van der Waals surface area contributed by atoms with Crippen LogP contribution in [0.1, 0.15) is 25.1 Å². The van der Waals surface area contributed by atoms with Crippen LogP contribution in [0.25, 0.3) is 10.9 Å². The van der Waals surface area contributed by atoms with E-state index < -0.39 is 19.7 Å². The first kappa shape index (κ1) is 31.8. The molecule has 0 spiro atoms. The van der Waals surface area contributed by atoms with Gasteiger partial charge in [0, 0.05) is 36.8 Å². The maximum atomic E-state index is 13.4. The van der Waals surface area contributed by atoms with Crippen LogP contribution in [0.3, 0.4) is 0 Å². The Kier molecular flexibility index (Phi) is 10.4. The average Bonchev–Trinajstić information content (AvgIpc) is 3.00. The molecule has 0 amide bonds. The lowest BCUT2D eigenvalue weighted by molar-refractivity contribution is 0.0694. The highest BCUT2D eigenvalue weighted by Gasteiger charge is 2.26. The number of nitrogens with zero attached hydrogens (tertiary/aromatic N) is 5. The molecule has 1 aliphatic rings. The van der Waals surface area contributed by atoms with E-state index in [9.17, 15) is 8.96 Å². The lowest BCUT2D eigenvalue weighted by Gasteiger charge is -2.31. The fraction of sp³-hybridized carbons (Fsp3) is 0.357. The van der Waals surface area contributed by atoms with E-state index in [0.29, 0.717) is 79.1 Å². The number of halogens is 2. The number of methoxy groups -OCH3 is 1. The predicted molar refractivity (Wildman–Crippen MR) is 163 cm³/mol. The molecular formula is C28H32ClFN7O6P. The second kappa shape index (κ2) is 14.4. The zero-order chi connectivity index (χ0) is 31.1. The van der Waals surface area contributed by atoms with Gasteiger partial charge < -0.3 is 34.8 Å². The number of fused-ring (bicyclic) bond motifs is 1. The van der Waals surface area contributed by atoms with Crippen molar-refractivity contribution in [1.82, 2.24) is 24.8 Å². The summed E-state index contributed by atoms with van der Waals surface area (Å²) in [7, 11) is -2.89. The Morgan fingerprint density at radius 2 is 1.84 bits per heavy atom. The molecule has 0 radical (unpaired) electrons. The molecule has 4 aromatic rings. The van der Waals surface area contributed by atoms with E-state index in [-0.39, 0.29) is 5.02 Å². The van der Waals surface area contributed by atoms with Crippen LogP contribution in [0.4, 0.5) is 21.6 Å². The molecule has 3 heterocycles. The van der Waals surface area contributed by atoms with Crippen molar-refractivity contribution >= 4 is 47.5 Å². The van der Waals surface area contributed by atoms with Crippen LogP contribution >= 0.6 is 19.4 Å². The van der Waals surface area contributed by atoms with Crippen molar-refractivity contribution in [3.63, 3.8) is 0 Å². The van der Waals surface area contributed by atoms with Gasteiger partial charge in [-0.2, -0.15) is 0 Å². The van der Waals surface area contributed by atoms with Crippen molar-refractivity contribution in [3.8, 4) is 11.5 Å². The molecule has 1 fully saturated rings. The summed E-state index contributed by atoms with van der Waals surface area (Å²) in [6, 6.07) is 7.99. The van der Waals surface area contributed by atoms with Gasteiger partial charge in [0.25, 0.3) is 0 Å². The van der Waals surface area contributed by atoms with Crippen LogP contribution in [0, 0.1) is 5.82 Å². The zero-order valence-corrected chi connectivity index (χ0v) is 25.5. The quantitative estimate of drug-likeness (QED) is 0.114. The third kappa shape index (κ3) is 8.72. The first-order chi connectivity index (χ1) is 21.2. The summed E-state index contributed by atoms with van der Waals surface area (Å²) in [4.78, 5) is 37.8. The number of benzene rings is 2. The summed E-state index contributed by atoms with van der Waals surface area (Å²) in [6.45, 7) is 2.96. The lowest BCUT2D eigenvalue weighted by Crippen LogP contribution is -2.37. The van der Waals surface area contributed by atoms with Crippen molar-refractivity contribution in [2.75, 3.05) is 44.0 Å². The number of hydrogen-bond donors (Lipinski definition) is 4. The van der Waals surface area contributed by atoms with Gasteiger partial charge >= 0.3 is 7.82 Å². The average molecular weight is 648 g/mol. The van der Waals surface area contributed by atoms with Gasteiger partial charge in [0.05, 0.1) is 55.0 Å². The highest BCUT2D eigenvalue weighted by Crippen LogP contribution is 2.40. The summed E-state index contributed by atoms with van der Waals surface area (Å²) < 4.78 is 40.9. The van der Waals surface area contributed by atoms with Crippen molar-refractivity contribution in [1.29, 1.82) is 0 Å². The van der Waals surface area contributed by atoms with Gasteiger partial charge in [-0.1, -0.05) is 11.6 Å². The molecule has 1 aliphatic heterocycles. The molecule has 1 saturated heterocycles. The Balaban J connectivity index is 1.15. The summed E-state index contributed by atoms with van der Waals surface area (Å²) in [6.07, 6.45) is 6.20. The third-order valence-electron chi connectivity index (χ3n) is 6.96. The number of rotatable bonds is 13. The number of piperidine rings is 1. The number of anilines is 3. The van der Waals surface area contributed by atoms with Crippen molar-refractivity contribution in [2.45, 2.75) is 31.9 Å². The second-order valence-corrected chi connectivity index (χ2v) is 11.7. The number of aromatic nitrogens is 4. The van der Waals surface area contributed by atoms with Gasteiger partial charge in [-0.3, -0.25) is 4.52 Å². The number of phosphoric ester groups is 1. The fourth-order valence-electron chi connectivity index (χ4n) is 4.77. The minimum Gasteiger partial charge on any atom is -0.493 e. The predicted octanol–water partition coefficient (Wildman–Crippen LogP) is 4.92. The van der Waals surface area contributed by atoms with Crippen molar-refractivity contribution in [3.05, 3.63) is 65.7 Å². The monoisotopic (exact) mass is 647 g/mol. The molecule has 13 nitrogen and oxygen atoms in total. The first-order valence-corrected chi connectivity index (χ1v) is 15.8. The standard InChI is InChI=1S/C28H32ClFN7O6P/c1-41-25-12-21-24(13-26(25)42-10-2-7-37-8-5-20(6-9-37)43-44(38,39)40)34-17-35-28(21)36-19-14-32-27(33-15-19)16-31-18-3-4-23(30)22(29)11-18/h3-4,11-15,17,20,31H,2,5-10,16H2,1H3,(H,34,35,36)(H2,38,39,40). The van der Waals surface area contributed by atoms with Crippen LogP contribution < -0.4 is 20.1 Å². The molecule has 2 aromatic heterocycles. The minimum absolute atomic E-state index is 0.0340. The van der Waals surface area contributed by atoms with Crippen LogP contribution in [-0.4, -0.2) is 74.1 Å². The smallest absolute Gasteiger partial charge is 0.469 e. The Hall–Kier alpha value is -3.65. The largest absolute Gasteiger partial charge is 0.493 e. The van der Waals surface area contributed by atoms with E-state index in [2.05, 4.69) is 35.5 Å². The maximum Gasteiger partial charge on any atom is 0.469 e. The first-order valence-electron chi connectivity index (χ1n) is 13.9. The van der Waals surface area contributed by atoms with Crippen LogP contribution in [0.5, 0.6) is 11.5 Å². The van der Waals surface area contributed by atoms with E-state index in [1.165, 1.54) is 18.5 Å². The van der Waals surface area contributed by atoms with Crippen LogP contribution in [0.2, 0.25) is 5.02 Å². The second-order valence-electron chi connectivity index (χ2n) is 10.1.